The second kappa shape index (κ2) is 8.44. The number of methoxy groups -OCH3 is 1. The first-order valence-electron chi connectivity index (χ1n) is 7.64. The van der Waals surface area contributed by atoms with E-state index in [2.05, 4.69) is 4.57 Å². The van der Waals surface area contributed by atoms with Crippen LogP contribution in [-0.2, 0) is 17.0 Å². The number of hydrogen-bond acceptors (Lipinski definition) is 3. The largest absolute Gasteiger partial charge is 0.383 e. The van der Waals surface area contributed by atoms with Crippen LogP contribution in [0.15, 0.2) is 24.3 Å². The molecule has 2 rings (SSSR count). The number of aryl methyl sites for hydroxylation is 1. The zero-order chi connectivity index (χ0) is 17.7. The first-order valence-corrected chi connectivity index (χ1v) is 8.80. The molecule has 1 heterocycles. The van der Waals surface area contributed by atoms with E-state index in [9.17, 15) is 13.6 Å². The molecule has 0 spiro atoms. The second-order valence-electron chi connectivity index (χ2n) is 5.59. The van der Waals surface area contributed by atoms with Crippen molar-refractivity contribution in [1.82, 2.24) is 4.57 Å². The van der Waals surface area contributed by atoms with Crippen molar-refractivity contribution in [2.45, 2.75) is 26.1 Å². The molecule has 0 aliphatic rings. The van der Waals surface area contributed by atoms with E-state index in [0.717, 1.165) is 17.5 Å². The summed E-state index contributed by atoms with van der Waals surface area (Å²) in [7, 11) is 1.65. The maximum atomic E-state index is 13.2. The zero-order valence-electron chi connectivity index (χ0n) is 14.1. The summed E-state index contributed by atoms with van der Waals surface area (Å²) in [5, 5.41) is 0. The first-order chi connectivity index (χ1) is 11.4. The number of benzene rings is 1. The van der Waals surface area contributed by atoms with Crippen LogP contribution in [0.2, 0.25) is 0 Å². The molecule has 0 atom stereocenters. The maximum absolute atomic E-state index is 13.2. The second-order valence-corrected chi connectivity index (χ2v) is 6.58. The van der Waals surface area contributed by atoms with Gasteiger partial charge in [0.15, 0.2) is 17.4 Å². The minimum absolute atomic E-state index is 0.0411. The Morgan fingerprint density at radius 2 is 1.96 bits per heavy atom. The smallest absolute Gasteiger partial charge is 0.174 e. The Labute approximate surface area is 145 Å². The number of ether oxygens (including phenoxy) is 1. The maximum Gasteiger partial charge on any atom is 0.174 e. The van der Waals surface area contributed by atoms with E-state index in [-0.39, 0.29) is 5.78 Å². The van der Waals surface area contributed by atoms with Gasteiger partial charge >= 0.3 is 0 Å². The molecule has 0 bridgehead atoms. The number of aromatic nitrogens is 1. The van der Waals surface area contributed by atoms with Crippen LogP contribution in [0.4, 0.5) is 8.78 Å². The quantitative estimate of drug-likeness (QED) is 0.668. The lowest BCUT2D eigenvalue weighted by Crippen LogP contribution is -2.09. The molecule has 0 amide bonds. The summed E-state index contributed by atoms with van der Waals surface area (Å²) in [5.41, 5.74) is 3.33. The number of carbonyl (C=O) groups is 1. The highest BCUT2D eigenvalue weighted by molar-refractivity contribution is 7.99. The minimum Gasteiger partial charge on any atom is -0.383 e. The zero-order valence-corrected chi connectivity index (χ0v) is 14.9. The monoisotopic (exact) mass is 353 g/mol. The molecule has 2 aromatic rings. The highest BCUT2D eigenvalue weighted by Gasteiger charge is 2.15. The Hall–Kier alpha value is -1.66. The van der Waals surface area contributed by atoms with Gasteiger partial charge in [0.1, 0.15) is 0 Å². The Bertz CT molecular complexity index is 728. The van der Waals surface area contributed by atoms with Crippen molar-refractivity contribution in [3.8, 4) is 0 Å². The van der Waals surface area contributed by atoms with Crippen molar-refractivity contribution in [2.75, 3.05) is 19.5 Å². The minimum atomic E-state index is -0.860. The van der Waals surface area contributed by atoms with Crippen LogP contribution < -0.4 is 0 Å². The van der Waals surface area contributed by atoms with Gasteiger partial charge in [0.2, 0.25) is 0 Å². The normalized spacial score (nSPS) is 11.0. The van der Waals surface area contributed by atoms with Gasteiger partial charge in [-0.2, -0.15) is 0 Å². The summed E-state index contributed by atoms with van der Waals surface area (Å²) in [6, 6.07) is 5.71. The van der Waals surface area contributed by atoms with Gasteiger partial charge in [0, 0.05) is 36.4 Å². The molecule has 0 saturated carbocycles. The molecule has 6 heteroatoms. The molecular formula is C18H21F2NO2S. The van der Waals surface area contributed by atoms with Gasteiger partial charge in [-0.3, -0.25) is 4.79 Å². The number of hydrogen-bond donors (Lipinski definition) is 0. The fraction of sp³-hybridized carbons (Fsp3) is 0.389. The van der Waals surface area contributed by atoms with Crippen LogP contribution in [0.5, 0.6) is 0 Å². The van der Waals surface area contributed by atoms with Crippen LogP contribution in [0.1, 0.15) is 27.3 Å². The number of rotatable bonds is 8. The number of nitrogens with zero attached hydrogens (tertiary/aromatic N) is 1. The van der Waals surface area contributed by atoms with E-state index in [1.807, 2.05) is 19.9 Å². The summed E-state index contributed by atoms with van der Waals surface area (Å²) in [6.07, 6.45) is 0. The van der Waals surface area contributed by atoms with Crippen LogP contribution in [0.3, 0.4) is 0 Å². The van der Waals surface area contributed by atoms with Gasteiger partial charge in [0.25, 0.3) is 0 Å². The van der Waals surface area contributed by atoms with Crippen LogP contribution in [0.25, 0.3) is 0 Å². The Morgan fingerprint density at radius 3 is 2.62 bits per heavy atom. The number of halogens is 2. The van der Waals surface area contributed by atoms with Crippen molar-refractivity contribution in [1.29, 1.82) is 0 Å². The molecular weight excluding hydrogens is 332 g/mol. The van der Waals surface area contributed by atoms with Crippen molar-refractivity contribution in [3.05, 3.63) is 58.4 Å². The standard InChI is InChI=1S/C18H21F2NO2S/c1-12-8-15(13(2)21(12)6-7-23-3)18(22)11-24-10-14-4-5-16(19)17(20)9-14/h4-5,8-9H,6-7,10-11H2,1-3H3. The molecule has 0 fully saturated rings. The van der Waals surface area contributed by atoms with Gasteiger partial charge in [-0.05, 0) is 37.6 Å². The first kappa shape index (κ1) is 18.7. The van der Waals surface area contributed by atoms with Crippen molar-refractivity contribution in [3.63, 3.8) is 0 Å². The number of ketones is 1. The van der Waals surface area contributed by atoms with Gasteiger partial charge in [0.05, 0.1) is 12.4 Å². The lowest BCUT2D eigenvalue weighted by Gasteiger charge is -2.08. The van der Waals surface area contributed by atoms with Crippen LogP contribution in [-0.4, -0.2) is 29.8 Å². The van der Waals surface area contributed by atoms with Gasteiger partial charge in [-0.1, -0.05) is 6.07 Å². The third-order valence-electron chi connectivity index (χ3n) is 3.88. The van der Waals surface area contributed by atoms with Crippen LogP contribution >= 0.6 is 11.8 Å². The molecule has 24 heavy (non-hydrogen) atoms. The van der Waals surface area contributed by atoms with E-state index in [0.29, 0.717) is 35.8 Å². The number of thioether (sulfide) groups is 1. The van der Waals surface area contributed by atoms with Crippen molar-refractivity contribution in [2.24, 2.45) is 0 Å². The molecule has 0 aliphatic heterocycles. The third kappa shape index (κ3) is 4.45. The third-order valence-corrected chi connectivity index (χ3v) is 4.88. The summed E-state index contributed by atoms with van der Waals surface area (Å²) < 4.78 is 33.2. The predicted octanol–water partition coefficient (Wildman–Crippen LogP) is 4.15. The Morgan fingerprint density at radius 1 is 1.21 bits per heavy atom. The van der Waals surface area contributed by atoms with Gasteiger partial charge in [-0.15, -0.1) is 11.8 Å². The van der Waals surface area contributed by atoms with E-state index in [1.54, 1.807) is 7.11 Å². The molecule has 0 unspecified atom stereocenters. The van der Waals surface area contributed by atoms with Crippen molar-refractivity contribution < 1.29 is 18.3 Å². The van der Waals surface area contributed by atoms with E-state index in [1.165, 1.54) is 23.9 Å². The molecule has 130 valence electrons. The molecule has 0 radical (unpaired) electrons. The van der Waals surface area contributed by atoms with E-state index < -0.39 is 11.6 Å². The summed E-state index contributed by atoms with van der Waals surface area (Å²) >= 11 is 1.39. The molecule has 0 N–H and O–H groups in total. The van der Waals surface area contributed by atoms with E-state index >= 15 is 0 Å². The molecule has 0 saturated heterocycles. The average molecular weight is 353 g/mol. The SMILES string of the molecule is COCCn1c(C)cc(C(=O)CSCc2ccc(F)c(F)c2)c1C. The number of carbonyl (C=O) groups excluding carboxylic acids is 1. The fourth-order valence-electron chi connectivity index (χ4n) is 2.58. The predicted molar refractivity (Wildman–Crippen MR) is 92.6 cm³/mol. The summed E-state index contributed by atoms with van der Waals surface area (Å²) in [4.78, 5) is 12.4. The van der Waals surface area contributed by atoms with Crippen LogP contribution in [0, 0.1) is 25.5 Å². The molecule has 1 aromatic carbocycles. The highest BCUT2D eigenvalue weighted by Crippen LogP contribution is 2.20. The van der Waals surface area contributed by atoms with Crippen molar-refractivity contribution >= 4 is 17.5 Å². The van der Waals surface area contributed by atoms with E-state index in [4.69, 9.17) is 4.74 Å². The lowest BCUT2D eigenvalue weighted by atomic mass is 10.2. The topological polar surface area (TPSA) is 31.2 Å². The highest BCUT2D eigenvalue weighted by atomic mass is 32.2. The summed E-state index contributed by atoms with van der Waals surface area (Å²) in [5.74, 6) is -0.914. The lowest BCUT2D eigenvalue weighted by molar-refractivity contribution is 0.102. The molecule has 1 aromatic heterocycles. The number of Topliss-reactive ketones (excluding diaryl/α,β-unsaturated/α-hetero) is 1. The molecule has 0 aliphatic carbocycles. The Balaban J connectivity index is 1.96. The molecule has 3 nitrogen and oxygen atoms in total. The fourth-order valence-corrected chi connectivity index (χ4v) is 3.44. The average Bonchev–Trinajstić information content (AvgIpc) is 2.83. The Kier molecular flexibility index (Phi) is 6.57. The summed E-state index contributed by atoms with van der Waals surface area (Å²) in [6.45, 7) is 5.20. The van der Waals surface area contributed by atoms with Gasteiger partial charge < -0.3 is 9.30 Å². The van der Waals surface area contributed by atoms with Gasteiger partial charge in [-0.25, -0.2) is 8.78 Å².